The zero-order chi connectivity index (χ0) is 14.2. The Labute approximate surface area is 106 Å². The summed E-state index contributed by atoms with van der Waals surface area (Å²) in [5.41, 5.74) is -1.38. The summed E-state index contributed by atoms with van der Waals surface area (Å²) in [6.07, 6.45) is 0. The molecule has 19 heavy (non-hydrogen) atoms. The number of aromatic carboxylic acids is 1. The van der Waals surface area contributed by atoms with Crippen molar-refractivity contribution in [1.29, 1.82) is 0 Å². The molecular formula is C13H9F2NO3. The van der Waals surface area contributed by atoms with Crippen molar-refractivity contribution in [1.82, 2.24) is 4.57 Å². The van der Waals surface area contributed by atoms with Crippen molar-refractivity contribution in [2.45, 2.75) is 6.92 Å². The van der Waals surface area contributed by atoms with Crippen LogP contribution in [0.1, 0.15) is 16.1 Å². The minimum absolute atomic E-state index is 0.0402. The molecule has 98 valence electrons. The van der Waals surface area contributed by atoms with Gasteiger partial charge >= 0.3 is 5.97 Å². The average Bonchev–Trinajstić information content (AvgIpc) is 2.36. The van der Waals surface area contributed by atoms with E-state index < -0.39 is 28.7 Å². The third-order valence-electron chi connectivity index (χ3n) is 2.70. The number of aromatic nitrogens is 1. The Kier molecular flexibility index (Phi) is 3.16. The normalized spacial score (nSPS) is 10.5. The molecule has 6 heteroatoms. The predicted octanol–water partition coefficient (Wildman–Crippen LogP) is 2.12. The van der Waals surface area contributed by atoms with Gasteiger partial charge in [-0.15, -0.1) is 0 Å². The quantitative estimate of drug-likeness (QED) is 0.904. The van der Waals surface area contributed by atoms with E-state index in [0.717, 1.165) is 16.7 Å². The van der Waals surface area contributed by atoms with E-state index >= 15 is 0 Å². The summed E-state index contributed by atoms with van der Waals surface area (Å²) in [7, 11) is 0. The van der Waals surface area contributed by atoms with Gasteiger partial charge in [0.05, 0.1) is 5.69 Å². The molecule has 0 fully saturated rings. The van der Waals surface area contributed by atoms with Gasteiger partial charge in [-0.05, 0) is 37.3 Å². The van der Waals surface area contributed by atoms with E-state index in [2.05, 4.69) is 0 Å². The molecule has 0 saturated carbocycles. The molecule has 0 aliphatic rings. The molecule has 0 aliphatic carbocycles. The lowest BCUT2D eigenvalue weighted by Gasteiger charge is -2.11. The summed E-state index contributed by atoms with van der Waals surface area (Å²) in [5.74, 6) is -2.84. The summed E-state index contributed by atoms with van der Waals surface area (Å²) >= 11 is 0. The summed E-state index contributed by atoms with van der Waals surface area (Å²) in [6, 6.07) is 5.43. The highest BCUT2D eigenvalue weighted by Gasteiger charge is 2.17. The highest BCUT2D eigenvalue weighted by Crippen LogP contribution is 2.13. The molecule has 1 aromatic heterocycles. The molecule has 0 saturated heterocycles. The molecule has 4 nitrogen and oxygen atoms in total. The molecule has 0 amide bonds. The van der Waals surface area contributed by atoms with Crippen LogP contribution in [-0.4, -0.2) is 15.6 Å². The Morgan fingerprint density at radius 1 is 1.21 bits per heavy atom. The van der Waals surface area contributed by atoms with Crippen LogP contribution in [0.4, 0.5) is 8.78 Å². The Bertz CT molecular complexity index is 705. The third-order valence-corrected chi connectivity index (χ3v) is 2.70. The van der Waals surface area contributed by atoms with E-state index in [4.69, 9.17) is 5.11 Å². The van der Waals surface area contributed by atoms with Crippen molar-refractivity contribution in [3.8, 4) is 5.69 Å². The highest BCUT2D eigenvalue weighted by atomic mass is 19.1. The minimum atomic E-state index is -1.51. The van der Waals surface area contributed by atoms with Crippen LogP contribution in [0, 0.1) is 18.6 Å². The number of hydrogen-bond acceptors (Lipinski definition) is 2. The monoisotopic (exact) mass is 265 g/mol. The van der Waals surface area contributed by atoms with Crippen LogP contribution in [0.3, 0.4) is 0 Å². The first-order valence-corrected chi connectivity index (χ1v) is 5.33. The lowest BCUT2D eigenvalue weighted by atomic mass is 10.2. The summed E-state index contributed by atoms with van der Waals surface area (Å²) in [4.78, 5) is 22.9. The second-order valence-corrected chi connectivity index (χ2v) is 3.91. The number of halogens is 2. The van der Waals surface area contributed by atoms with Crippen LogP contribution in [-0.2, 0) is 0 Å². The van der Waals surface area contributed by atoms with Gasteiger partial charge in [-0.2, -0.15) is 0 Å². The zero-order valence-corrected chi connectivity index (χ0v) is 9.85. The van der Waals surface area contributed by atoms with Gasteiger partial charge in [-0.3, -0.25) is 9.36 Å². The molecule has 0 aliphatic heterocycles. The van der Waals surface area contributed by atoms with Gasteiger partial charge in [-0.1, -0.05) is 0 Å². The SMILES string of the molecule is Cc1c(F)cc(C(=O)O)c(=O)n1-c1ccc(F)cc1. The minimum Gasteiger partial charge on any atom is -0.477 e. The fourth-order valence-corrected chi connectivity index (χ4v) is 1.73. The van der Waals surface area contributed by atoms with E-state index in [1.165, 1.54) is 19.1 Å². The van der Waals surface area contributed by atoms with Crippen LogP contribution in [0.25, 0.3) is 5.69 Å². The van der Waals surface area contributed by atoms with E-state index in [1.54, 1.807) is 0 Å². The van der Waals surface area contributed by atoms with Crippen molar-refractivity contribution < 1.29 is 18.7 Å². The largest absolute Gasteiger partial charge is 0.477 e. The molecule has 0 radical (unpaired) electrons. The van der Waals surface area contributed by atoms with E-state index in [-0.39, 0.29) is 11.4 Å². The van der Waals surface area contributed by atoms with Crippen molar-refractivity contribution in [2.24, 2.45) is 0 Å². The maximum atomic E-state index is 13.6. The van der Waals surface area contributed by atoms with Crippen LogP contribution in [0.5, 0.6) is 0 Å². The predicted molar refractivity (Wildman–Crippen MR) is 63.7 cm³/mol. The molecule has 2 aromatic rings. The van der Waals surface area contributed by atoms with Crippen molar-refractivity contribution in [3.05, 3.63) is 63.6 Å². The Balaban J connectivity index is 2.79. The Hall–Kier alpha value is -2.50. The number of nitrogens with zero attached hydrogens (tertiary/aromatic N) is 1. The molecule has 0 unspecified atom stereocenters. The average molecular weight is 265 g/mol. The van der Waals surface area contributed by atoms with Crippen molar-refractivity contribution in [3.63, 3.8) is 0 Å². The Morgan fingerprint density at radius 3 is 2.32 bits per heavy atom. The van der Waals surface area contributed by atoms with E-state index in [0.29, 0.717) is 6.07 Å². The lowest BCUT2D eigenvalue weighted by molar-refractivity contribution is 0.0694. The zero-order valence-electron chi connectivity index (χ0n) is 9.85. The maximum Gasteiger partial charge on any atom is 0.341 e. The second-order valence-electron chi connectivity index (χ2n) is 3.91. The van der Waals surface area contributed by atoms with Crippen molar-refractivity contribution >= 4 is 5.97 Å². The van der Waals surface area contributed by atoms with Gasteiger partial charge < -0.3 is 5.11 Å². The number of rotatable bonds is 2. The smallest absolute Gasteiger partial charge is 0.341 e. The topological polar surface area (TPSA) is 59.3 Å². The number of hydrogen-bond donors (Lipinski definition) is 1. The number of carbonyl (C=O) groups is 1. The first kappa shape index (κ1) is 12.9. The number of carboxylic acid groups (broad SMARTS) is 1. The molecule has 1 aromatic carbocycles. The number of benzene rings is 1. The van der Waals surface area contributed by atoms with Crippen LogP contribution in [0.2, 0.25) is 0 Å². The molecule has 0 atom stereocenters. The summed E-state index contributed by atoms with van der Waals surface area (Å²) in [6.45, 7) is 1.34. The maximum absolute atomic E-state index is 13.6. The number of carboxylic acids is 1. The van der Waals surface area contributed by atoms with Crippen LogP contribution in [0.15, 0.2) is 35.1 Å². The van der Waals surface area contributed by atoms with Gasteiger partial charge in [0, 0.05) is 5.69 Å². The van der Waals surface area contributed by atoms with E-state index in [9.17, 15) is 18.4 Å². The lowest BCUT2D eigenvalue weighted by Crippen LogP contribution is -2.27. The first-order valence-electron chi connectivity index (χ1n) is 5.33. The molecular weight excluding hydrogens is 256 g/mol. The van der Waals surface area contributed by atoms with Gasteiger partial charge in [0.25, 0.3) is 5.56 Å². The standard InChI is InChI=1S/C13H9F2NO3/c1-7-11(15)6-10(13(18)19)12(17)16(7)9-4-2-8(14)3-5-9/h2-6H,1H3,(H,18,19). The van der Waals surface area contributed by atoms with Gasteiger partial charge in [0.1, 0.15) is 17.2 Å². The van der Waals surface area contributed by atoms with Gasteiger partial charge in [0.2, 0.25) is 0 Å². The molecule has 1 heterocycles. The summed E-state index contributed by atoms with van der Waals surface area (Å²) in [5, 5.41) is 8.86. The Morgan fingerprint density at radius 2 is 1.79 bits per heavy atom. The van der Waals surface area contributed by atoms with E-state index in [1.807, 2.05) is 0 Å². The molecule has 1 N–H and O–H groups in total. The van der Waals surface area contributed by atoms with Crippen LogP contribution >= 0.6 is 0 Å². The molecule has 0 bridgehead atoms. The van der Waals surface area contributed by atoms with Gasteiger partial charge in [-0.25, -0.2) is 13.6 Å². The molecule has 2 rings (SSSR count). The van der Waals surface area contributed by atoms with Crippen molar-refractivity contribution in [2.75, 3.05) is 0 Å². The fourth-order valence-electron chi connectivity index (χ4n) is 1.73. The van der Waals surface area contributed by atoms with Gasteiger partial charge in [0.15, 0.2) is 0 Å². The molecule has 0 spiro atoms. The third kappa shape index (κ3) is 2.24. The fraction of sp³-hybridized carbons (Fsp3) is 0.0769. The summed E-state index contributed by atoms with van der Waals surface area (Å²) < 4.78 is 27.4. The highest BCUT2D eigenvalue weighted by molar-refractivity contribution is 5.87. The number of pyridine rings is 1. The first-order chi connectivity index (χ1) is 8.91. The van der Waals surface area contributed by atoms with Crippen LogP contribution < -0.4 is 5.56 Å². The second kappa shape index (κ2) is 4.64.